The highest BCUT2D eigenvalue weighted by atomic mass is 35.5. The molecule has 0 aliphatic carbocycles. The van der Waals surface area contributed by atoms with Gasteiger partial charge in [-0.15, -0.1) is 0 Å². The van der Waals surface area contributed by atoms with E-state index in [2.05, 4.69) is 0 Å². The Morgan fingerprint density at radius 2 is 1.02 bits per heavy atom. The molecule has 5 aromatic carbocycles. The smallest absolute Gasteiger partial charge is 0.204 e. The second-order valence-electron chi connectivity index (χ2n) is 10.0. The molecular weight excluding hydrogens is 619 g/mol. The van der Waals surface area contributed by atoms with Crippen LogP contribution < -0.4 is 19.6 Å². The first-order valence-electron chi connectivity index (χ1n) is 13.7. The van der Waals surface area contributed by atoms with Crippen molar-refractivity contribution in [2.45, 2.75) is 19.8 Å². The molecule has 8 heteroatoms. The van der Waals surface area contributed by atoms with Crippen molar-refractivity contribution in [1.29, 1.82) is 0 Å². The van der Waals surface area contributed by atoms with E-state index in [-0.39, 0.29) is 12.0 Å². The summed E-state index contributed by atoms with van der Waals surface area (Å²) in [5.74, 6) is 1.52. The van der Waals surface area contributed by atoms with Crippen molar-refractivity contribution in [3.05, 3.63) is 157 Å². The van der Waals surface area contributed by atoms with Gasteiger partial charge in [-0.1, -0.05) is 83.3 Å². The SMILES string of the molecule is O=c1c(-c2ccc(OCc3ccc(Cl)cc3)cc2)coc2cc(OCc3ccc(Cl)cc3)cc(OCc3ccc(Cl)cc3)c12. The number of halogens is 3. The van der Waals surface area contributed by atoms with Crippen molar-refractivity contribution in [2.75, 3.05) is 0 Å². The number of ether oxygens (including phenoxy) is 3. The largest absolute Gasteiger partial charge is 0.489 e. The van der Waals surface area contributed by atoms with Gasteiger partial charge >= 0.3 is 0 Å². The lowest BCUT2D eigenvalue weighted by Crippen LogP contribution is -2.08. The van der Waals surface area contributed by atoms with Crippen LogP contribution in [0.2, 0.25) is 15.1 Å². The first-order valence-corrected chi connectivity index (χ1v) is 14.9. The van der Waals surface area contributed by atoms with Gasteiger partial charge in [-0.3, -0.25) is 4.79 Å². The molecule has 1 heterocycles. The summed E-state index contributed by atoms with van der Waals surface area (Å²) < 4.78 is 24.2. The second-order valence-corrected chi connectivity index (χ2v) is 11.4. The molecule has 6 aromatic rings. The first-order chi connectivity index (χ1) is 21.4. The summed E-state index contributed by atoms with van der Waals surface area (Å²) in [6.07, 6.45) is 1.46. The third-order valence-electron chi connectivity index (χ3n) is 6.93. The normalized spacial score (nSPS) is 11.0. The van der Waals surface area contributed by atoms with Gasteiger partial charge in [0.05, 0.1) is 5.56 Å². The van der Waals surface area contributed by atoms with Crippen LogP contribution in [0.5, 0.6) is 17.2 Å². The molecule has 0 saturated heterocycles. The van der Waals surface area contributed by atoms with Crippen molar-refractivity contribution < 1.29 is 18.6 Å². The van der Waals surface area contributed by atoms with Crippen molar-refractivity contribution in [3.8, 4) is 28.4 Å². The van der Waals surface area contributed by atoms with E-state index >= 15 is 0 Å². The summed E-state index contributed by atoms with van der Waals surface area (Å²) in [4.78, 5) is 13.9. The molecule has 5 nitrogen and oxygen atoms in total. The van der Waals surface area contributed by atoms with E-state index in [0.717, 1.165) is 16.7 Å². The van der Waals surface area contributed by atoms with Crippen LogP contribution in [0, 0.1) is 0 Å². The van der Waals surface area contributed by atoms with Crippen LogP contribution in [-0.2, 0) is 19.8 Å². The molecule has 0 N–H and O–H groups in total. The lowest BCUT2D eigenvalue weighted by molar-refractivity contribution is 0.292. The highest BCUT2D eigenvalue weighted by Gasteiger charge is 2.17. The van der Waals surface area contributed by atoms with Gasteiger partial charge in [0, 0.05) is 27.2 Å². The maximum atomic E-state index is 13.9. The van der Waals surface area contributed by atoms with Gasteiger partial charge in [-0.25, -0.2) is 0 Å². The minimum Gasteiger partial charge on any atom is -0.489 e. The van der Waals surface area contributed by atoms with Crippen LogP contribution in [0.3, 0.4) is 0 Å². The minimum atomic E-state index is -0.226. The Kier molecular flexibility index (Phi) is 9.08. The average Bonchev–Trinajstić information content (AvgIpc) is 3.04. The summed E-state index contributed by atoms with van der Waals surface area (Å²) in [7, 11) is 0. The quantitative estimate of drug-likeness (QED) is 0.149. The van der Waals surface area contributed by atoms with Gasteiger partial charge < -0.3 is 18.6 Å². The van der Waals surface area contributed by atoms with Crippen LogP contribution in [0.25, 0.3) is 22.1 Å². The molecule has 0 aliphatic heterocycles. The molecule has 6 rings (SSSR count). The number of benzene rings is 5. The van der Waals surface area contributed by atoms with Crippen LogP contribution in [0.15, 0.2) is 125 Å². The maximum Gasteiger partial charge on any atom is 0.204 e. The fourth-order valence-electron chi connectivity index (χ4n) is 4.56. The zero-order chi connectivity index (χ0) is 30.5. The van der Waals surface area contributed by atoms with Crippen molar-refractivity contribution >= 4 is 45.8 Å². The van der Waals surface area contributed by atoms with Gasteiger partial charge in [0.25, 0.3) is 0 Å². The predicted molar refractivity (Wildman–Crippen MR) is 175 cm³/mol. The second kappa shape index (κ2) is 13.5. The van der Waals surface area contributed by atoms with Gasteiger partial charge in [-0.05, 0) is 70.8 Å². The Morgan fingerprint density at radius 3 is 1.55 bits per heavy atom. The number of hydrogen-bond donors (Lipinski definition) is 0. The average molecular weight is 644 g/mol. The summed E-state index contributed by atoms with van der Waals surface area (Å²) in [5.41, 5.74) is 4.04. The first kappa shape index (κ1) is 29.6. The van der Waals surface area contributed by atoms with E-state index in [1.54, 1.807) is 36.4 Å². The third-order valence-corrected chi connectivity index (χ3v) is 7.68. The fraction of sp³-hybridized carbons (Fsp3) is 0.0833. The Morgan fingerprint density at radius 1 is 0.545 bits per heavy atom. The topological polar surface area (TPSA) is 57.9 Å². The molecule has 44 heavy (non-hydrogen) atoms. The highest BCUT2D eigenvalue weighted by molar-refractivity contribution is 6.31. The predicted octanol–water partition coefficient (Wildman–Crippen LogP) is 10.2. The minimum absolute atomic E-state index is 0.218. The monoisotopic (exact) mass is 642 g/mol. The van der Waals surface area contributed by atoms with E-state index in [4.69, 9.17) is 53.4 Å². The van der Waals surface area contributed by atoms with Gasteiger partial charge in [0.1, 0.15) is 54.3 Å². The van der Waals surface area contributed by atoms with Crippen molar-refractivity contribution in [2.24, 2.45) is 0 Å². The Hall–Kier alpha value is -4.42. The van der Waals surface area contributed by atoms with E-state index in [1.807, 2.05) is 72.8 Å². The summed E-state index contributed by atoms with van der Waals surface area (Å²) in [5, 5.41) is 2.27. The zero-order valence-corrected chi connectivity index (χ0v) is 25.5. The molecule has 1 aromatic heterocycles. The van der Waals surface area contributed by atoms with Crippen molar-refractivity contribution in [1.82, 2.24) is 0 Å². The number of fused-ring (bicyclic) bond motifs is 1. The lowest BCUT2D eigenvalue weighted by atomic mass is 10.0. The van der Waals surface area contributed by atoms with E-state index in [1.165, 1.54) is 6.26 Å². The zero-order valence-electron chi connectivity index (χ0n) is 23.3. The fourth-order valence-corrected chi connectivity index (χ4v) is 4.93. The molecule has 0 fully saturated rings. The Labute approximate surface area is 269 Å². The molecule has 0 saturated carbocycles. The maximum absolute atomic E-state index is 13.9. The molecular formula is C36H25Cl3O5. The van der Waals surface area contributed by atoms with Crippen molar-refractivity contribution in [3.63, 3.8) is 0 Å². The highest BCUT2D eigenvalue weighted by Crippen LogP contribution is 2.33. The van der Waals surface area contributed by atoms with E-state index < -0.39 is 0 Å². The van der Waals surface area contributed by atoms with Gasteiger partial charge in [0.15, 0.2) is 0 Å². The van der Waals surface area contributed by atoms with Crippen LogP contribution >= 0.6 is 34.8 Å². The van der Waals surface area contributed by atoms with E-state index in [0.29, 0.717) is 67.6 Å². The molecule has 0 radical (unpaired) electrons. The van der Waals surface area contributed by atoms with E-state index in [9.17, 15) is 4.79 Å². The van der Waals surface area contributed by atoms with Crippen LogP contribution in [0.1, 0.15) is 16.7 Å². The molecule has 0 atom stereocenters. The lowest BCUT2D eigenvalue weighted by Gasteiger charge is -2.13. The van der Waals surface area contributed by atoms with Crippen LogP contribution in [-0.4, -0.2) is 0 Å². The van der Waals surface area contributed by atoms with Gasteiger partial charge in [0.2, 0.25) is 5.43 Å². The molecule has 0 bridgehead atoms. The van der Waals surface area contributed by atoms with Gasteiger partial charge in [-0.2, -0.15) is 0 Å². The third kappa shape index (κ3) is 7.20. The molecule has 0 spiro atoms. The number of rotatable bonds is 10. The van der Waals surface area contributed by atoms with Crippen LogP contribution in [0.4, 0.5) is 0 Å². The molecule has 0 amide bonds. The summed E-state index contributed by atoms with van der Waals surface area (Å²) >= 11 is 18.0. The summed E-state index contributed by atoms with van der Waals surface area (Å²) in [6.45, 7) is 0.912. The Balaban J connectivity index is 1.28. The molecule has 220 valence electrons. The number of hydrogen-bond acceptors (Lipinski definition) is 5. The standard InChI is InChI=1S/C36H25Cl3O5/c37-27-9-1-23(2-10-27)19-41-30-15-7-26(8-16-30)32-22-44-34-18-31(42-20-24-3-11-28(38)12-4-24)17-33(35(34)36(32)40)43-21-25-5-13-29(39)14-6-25/h1-18,22H,19-21H2. The summed E-state index contributed by atoms with van der Waals surface area (Å²) in [6, 6.07) is 32.9. The Bertz CT molecular complexity index is 1930. The molecule has 0 unspecified atom stereocenters. The molecule has 0 aliphatic rings.